The molecule has 152 valence electrons. The Bertz CT molecular complexity index is 635. The van der Waals surface area contributed by atoms with E-state index in [4.69, 9.17) is 0 Å². The van der Waals surface area contributed by atoms with Gasteiger partial charge in [-0.15, -0.1) is 0 Å². The van der Waals surface area contributed by atoms with Crippen molar-refractivity contribution < 1.29 is 9.90 Å². The first-order chi connectivity index (χ1) is 13.0. The number of aromatic nitrogens is 2. The standard InChI is InChI=1S/C20H35N5O2/c1-4-25-19-7-10-24(13-17(19)18(14-26)22-25)20(27)21-11-16-5-8-23(9-6-16)12-15(2)3/h15-16,26H,4-14H2,1-3H3,(H,21,27). The summed E-state index contributed by atoms with van der Waals surface area (Å²) in [4.78, 5) is 17.0. The molecule has 3 heterocycles. The molecule has 1 aromatic heterocycles. The second kappa shape index (κ2) is 9.06. The van der Waals surface area contributed by atoms with E-state index in [9.17, 15) is 9.90 Å². The van der Waals surface area contributed by atoms with Crippen molar-refractivity contribution >= 4 is 6.03 Å². The van der Waals surface area contributed by atoms with Crippen molar-refractivity contribution in [1.29, 1.82) is 0 Å². The van der Waals surface area contributed by atoms with Crippen LogP contribution in [0.4, 0.5) is 4.79 Å². The average Bonchev–Trinajstić information content (AvgIpc) is 3.04. The molecule has 0 unspecified atom stereocenters. The summed E-state index contributed by atoms with van der Waals surface area (Å²) in [6.45, 7) is 12.8. The van der Waals surface area contributed by atoms with E-state index in [-0.39, 0.29) is 12.6 Å². The Labute approximate surface area is 162 Å². The highest BCUT2D eigenvalue weighted by atomic mass is 16.3. The van der Waals surface area contributed by atoms with Gasteiger partial charge in [-0.2, -0.15) is 5.10 Å². The molecule has 2 amide bonds. The fourth-order valence-corrected chi connectivity index (χ4v) is 4.36. The van der Waals surface area contributed by atoms with Gasteiger partial charge < -0.3 is 20.2 Å². The highest BCUT2D eigenvalue weighted by Gasteiger charge is 2.27. The van der Waals surface area contributed by atoms with Crippen LogP contribution in [0.25, 0.3) is 0 Å². The molecule has 2 aliphatic heterocycles. The second-order valence-electron chi connectivity index (χ2n) is 8.34. The van der Waals surface area contributed by atoms with Crippen LogP contribution in [-0.4, -0.2) is 63.4 Å². The molecule has 0 aromatic carbocycles. The number of hydrogen-bond acceptors (Lipinski definition) is 4. The van der Waals surface area contributed by atoms with Crippen LogP contribution in [0, 0.1) is 11.8 Å². The van der Waals surface area contributed by atoms with E-state index in [0.717, 1.165) is 51.0 Å². The van der Waals surface area contributed by atoms with Crippen molar-refractivity contribution in [2.75, 3.05) is 32.7 Å². The number of likely N-dealkylation sites (tertiary alicyclic amines) is 1. The number of piperidine rings is 1. The van der Waals surface area contributed by atoms with E-state index in [2.05, 4.69) is 36.1 Å². The van der Waals surface area contributed by atoms with Gasteiger partial charge in [0.05, 0.1) is 18.8 Å². The summed E-state index contributed by atoms with van der Waals surface area (Å²) in [6.07, 6.45) is 3.13. The lowest BCUT2D eigenvalue weighted by Gasteiger charge is -2.34. The first-order valence-electron chi connectivity index (χ1n) is 10.4. The van der Waals surface area contributed by atoms with Crippen LogP contribution in [0.1, 0.15) is 50.6 Å². The van der Waals surface area contributed by atoms with Crippen LogP contribution in [0.5, 0.6) is 0 Å². The Balaban J connectivity index is 1.48. The number of aliphatic hydroxyl groups excluding tert-OH is 1. The first-order valence-corrected chi connectivity index (χ1v) is 10.4. The predicted octanol–water partition coefficient (Wildman–Crippen LogP) is 1.83. The molecule has 0 spiro atoms. The molecule has 0 atom stereocenters. The van der Waals surface area contributed by atoms with Crippen molar-refractivity contribution in [1.82, 2.24) is 24.9 Å². The van der Waals surface area contributed by atoms with Gasteiger partial charge in [-0.1, -0.05) is 13.8 Å². The van der Waals surface area contributed by atoms with E-state index >= 15 is 0 Å². The van der Waals surface area contributed by atoms with Gasteiger partial charge in [-0.05, 0) is 44.7 Å². The van der Waals surface area contributed by atoms with Crippen LogP contribution in [-0.2, 0) is 26.1 Å². The minimum atomic E-state index is -0.0697. The Kier molecular flexibility index (Phi) is 6.76. The number of aryl methyl sites for hydroxylation is 1. The SMILES string of the molecule is CCn1nc(CO)c2c1CCN(C(=O)NCC1CCN(CC(C)C)CC1)C2. The molecule has 1 fully saturated rings. The van der Waals surface area contributed by atoms with Crippen LogP contribution in [0.2, 0.25) is 0 Å². The van der Waals surface area contributed by atoms with E-state index in [1.54, 1.807) is 0 Å². The zero-order valence-electron chi connectivity index (χ0n) is 17.1. The van der Waals surface area contributed by atoms with E-state index < -0.39 is 0 Å². The van der Waals surface area contributed by atoms with Gasteiger partial charge in [0, 0.05) is 43.9 Å². The second-order valence-corrected chi connectivity index (χ2v) is 8.34. The van der Waals surface area contributed by atoms with Crippen LogP contribution >= 0.6 is 0 Å². The molecular weight excluding hydrogens is 342 g/mol. The van der Waals surface area contributed by atoms with Crippen molar-refractivity contribution in [3.8, 4) is 0 Å². The number of nitrogens with zero attached hydrogens (tertiary/aromatic N) is 4. The zero-order chi connectivity index (χ0) is 19.4. The number of aliphatic hydroxyl groups is 1. The summed E-state index contributed by atoms with van der Waals surface area (Å²) in [6, 6.07) is 0.0124. The molecule has 1 saturated heterocycles. The Morgan fingerprint density at radius 1 is 1.30 bits per heavy atom. The molecule has 0 aliphatic carbocycles. The summed E-state index contributed by atoms with van der Waals surface area (Å²) < 4.78 is 1.96. The van der Waals surface area contributed by atoms with Crippen LogP contribution in [0.15, 0.2) is 0 Å². The van der Waals surface area contributed by atoms with E-state index in [1.807, 2.05) is 9.58 Å². The molecule has 2 N–H and O–H groups in total. The number of urea groups is 1. The molecule has 2 aliphatic rings. The number of carbonyl (C=O) groups is 1. The first kappa shape index (κ1) is 20.1. The maximum Gasteiger partial charge on any atom is 0.317 e. The third-order valence-electron chi connectivity index (χ3n) is 5.83. The van der Waals surface area contributed by atoms with Gasteiger partial charge in [-0.25, -0.2) is 4.79 Å². The molecule has 0 radical (unpaired) electrons. The molecule has 27 heavy (non-hydrogen) atoms. The Morgan fingerprint density at radius 2 is 2.04 bits per heavy atom. The molecule has 1 aromatic rings. The number of hydrogen-bond donors (Lipinski definition) is 2. The van der Waals surface area contributed by atoms with E-state index in [1.165, 1.54) is 12.2 Å². The molecular formula is C20H35N5O2. The van der Waals surface area contributed by atoms with Crippen LogP contribution < -0.4 is 5.32 Å². The van der Waals surface area contributed by atoms with Crippen molar-refractivity contribution in [2.24, 2.45) is 11.8 Å². The molecule has 3 rings (SSSR count). The van der Waals surface area contributed by atoms with Crippen molar-refractivity contribution in [3.05, 3.63) is 17.0 Å². The molecule has 7 heteroatoms. The van der Waals surface area contributed by atoms with Crippen molar-refractivity contribution in [3.63, 3.8) is 0 Å². The lowest BCUT2D eigenvalue weighted by atomic mass is 9.96. The summed E-state index contributed by atoms with van der Waals surface area (Å²) in [5.74, 6) is 1.29. The minimum absolute atomic E-state index is 0.0124. The van der Waals surface area contributed by atoms with Crippen molar-refractivity contribution in [2.45, 2.75) is 59.7 Å². The highest BCUT2D eigenvalue weighted by molar-refractivity contribution is 5.74. The fraction of sp³-hybridized carbons (Fsp3) is 0.800. The largest absolute Gasteiger partial charge is 0.390 e. The Hall–Kier alpha value is -1.60. The van der Waals surface area contributed by atoms with Gasteiger partial charge in [0.25, 0.3) is 0 Å². The topological polar surface area (TPSA) is 73.6 Å². The zero-order valence-corrected chi connectivity index (χ0v) is 17.1. The summed E-state index contributed by atoms with van der Waals surface area (Å²) in [5, 5.41) is 17.2. The number of carbonyl (C=O) groups excluding carboxylic acids is 1. The lowest BCUT2D eigenvalue weighted by molar-refractivity contribution is 0.160. The lowest BCUT2D eigenvalue weighted by Crippen LogP contribution is -2.46. The van der Waals surface area contributed by atoms with Gasteiger partial charge in [0.2, 0.25) is 0 Å². The minimum Gasteiger partial charge on any atom is -0.390 e. The van der Waals surface area contributed by atoms with E-state index in [0.29, 0.717) is 30.6 Å². The molecule has 0 bridgehead atoms. The number of nitrogens with one attached hydrogen (secondary N) is 1. The average molecular weight is 378 g/mol. The monoisotopic (exact) mass is 377 g/mol. The van der Waals surface area contributed by atoms with Gasteiger partial charge in [0.1, 0.15) is 0 Å². The third-order valence-corrected chi connectivity index (χ3v) is 5.83. The normalized spacial score (nSPS) is 18.8. The summed E-state index contributed by atoms with van der Waals surface area (Å²) in [5.41, 5.74) is 2.91. The maximum atomic E-state index is 12.7. The molecule has 0 saturated carbocycles. The van der Waals surface area contributed by atoms with Gasteiger partial charge in [-0.3, -0.25) is 4.68 Å². The summed E-state index contributed by atoms with van der Waals surface area (Å²) in [7, 11) is 0. The van der Waals surface area contributed by atoms with Gasteiger partial charge >= 0.3 is 6.03 Å². The fourth-order valence-electron chi connectivity index (χ4n) is 4.36. The quantitative estimate of drug-likeness (QED) is 0.793. The summed E-state index contributed by atoms with van der Waals surface area (Å²) >= 11 is 0. The number of amides is 2. The smallest absolute Gasteiger partial charge is 0.317 e. The number of fused-ring (bicyclic) bond motifs is 1. The molecule has 7 nitrogen and oxygen atoms in total. The highest BCUT2D eigenvalue weighted by Crippen LogP contribution is 2.23. The number of rotatable bonds is 6. The third kappa shape index (κ3) is 4.82. The maximum absolute atomic E-state index is 12.7. The Morgan fingerprint density at radius 3 is 2.67 bits per heavy atom. The predicted molar refractivity (Wildman–Crippen MR) is 105 cm³/mol. The van der Waals surface area contributed by atoms with Gasteiger partial charge in [0.15, 0.2) is 0 Å². The van der Waals surface area contributed by atoms with Crippen LogP contribution in [0.3, 0.4) is 0 Å².